The molecule has 10 heteroatoms. The van der Waals surface area contributed by atoms with E-state index in [2.05, 4.69) is 32.9 Å². The minimum Gasteiger partial charge on any atom is -0.617 e. The molecule has 2 aromatic heterocycles. The predicted octanol–water partition coefficient (Wildman–Crippen LogP) is 3.83. The van der Waals surface area contributed by atoms with Crippen molar-refractivity contribution in [3.8, 4) is 11.1 Å². The average molecular weight is 525 g/mol. The molecule has 0 bridgehead atoms. The van der Waals surface area contributed by atoms with Gasteiger partial charge >= 0.3 is 0 Å². The van der Waals surface area contributed by atoms with Gasteiger partial charge in [-0.3, -0.25) is 19.4 Å². The number of amides is 2. The van der Waals surface area contributed by atoms with Gasteiger partial charge in [0, 0.05) is 23.1 Å². The van der Waals surface area contributed by atoms with Crippen LogP contribution in [0, 0.1) is 25.7 Å². The molecule has 2 amide bonds. The first-order valence-electron chi connectivity index (χ1n) is 12.8. The van der Waals surface area contributed by atoms with Crippen LogP contribution in [0.25, 0.3) is 11.1 Å². The van der Waals surface area contributed by atoms with Crippen molar-refractivity contribution in [1.29, 1.82) is 0 Å². The van der Waals surface area contributed by atoms with Crippen LogP contribution in [0.2, 0.25) is 0 Å². The number of aromatic nitrogens is 4. The Morgan fingerprint density at radius 2 is 1.86 bits per heavy atom. The quantitative estimate of drug-likeness (QED) is 0.367. The first kappa shape index (κ1) is 26.9. The number of rotatable bonds is 9. The van der Waals surface area contributed by atoms with Crippen LogP contribution in [0.3, 0.4) is 0 Å². The molecule has 0 aliphatic heterocycles. The van der Waals surface area contributed by atoms with E-state index < -0.39 is 17.2 Å². The molecule has 37 heavy (non-hydrogen) atoms. The maximum atomic E-state index is 13.5. The van der Waals surface area contributed by atoms with Crippen molar-refractivity contribution in [2.75, 3.05) is 17.3 Å². The summed E-state index contributed by atoms with van der Waals surface area (Å²) < 4.78 is 13.1. The molecule has 9 nitrogen and oxygen atoms in total. The zero-order chi connectivity index (χ0) is 26.5. The Labute approximate surface area is 221 Å². The van der Waals surface area contributed by atoms with Crippen LogP contribution in [-0.2, 0) is 22.5 Å². The molecule has 0 radical (unpaired) electrons. The number of carbonyl (C=O) groups is 2. The van der Waals surface area contributed by atoms with Gasteiger partial charge in [0.1, 0.15) is 17.5 Å². The van der Waals surface area contributed by atoms with Gasteiger partial charge in [-0.25, -0.2) is 0 Å². The van der Waals surface area contributed by atoms with Gasteiger partial charge in [-0.15, -0.1) is 0 Å². The van der Waals surface area contributed by atoms with Crippen molar-refractivity contribution in [2.45, 2.75) is 59.0 Å². The van der Waals surface area contributed by atoms with Crippen molar-refractivity contribution >= 4 is 28.7 Å². The lowest BCUT2D eigenvalue weighted by atomic mass is 9.79. The first-order valence-corrected chi connectivity index (χ1v) is 14.5. The lowest BCUT2D eigenvalue weighted by Crippen LogP contribution is -2.49. The van der Waals surface area contributed by atoms with Crippen LogP contribution >= 0.6 is 0 Å². The summed E-state index contributed by atoms with van der Waals surface area (Å²) in [6, 6.07) is 8.65. The van der Waals surface area contributed by atoms with Crippen LogP contribution in [0.1, 0.15) is 54.5 Å². The Balaban J connectivity index is 1.50. The Morgan fingerprint density at radius 1 is 1.16 bits per heavy atom. The summed E-state index contributed by atoms with van der Waals surface area (Å²) in [4.78, 5) is 26.8. The molecule has 2 atom stereocenters. The maximum absolute atomic E-state index is 13.5. The van der Waals surface area contributed by atoms with Gasteiger partial charge in [-0.05, 0) is 62.3 Å². The van der Waals surface area contributed by atoms with E-state index >= 15 is 0 Å². The van der Waals surface area contributed by atoms with Crippen molar-refractivity contribution in [2.24, 2.45) is 11.8 Å². The summed E-state index contributed by atoms with van der Waals surface area (Å²) >= 11 is -0.996. The maximum Gasteiger partial charge on any atom is 0.270 e. The fourth-order valence-electron chi connectivity index (χ4n) is 5.07. The number of nitrogens with one attached hydrogen (secondary N) is 3. The molecule has 1 unspecified atom stereocenters. The Morgan fingerprint density at radius 3 is 2.49 bits per heavy atom. The van der Waals surface area contributed by atoms with E-state index in [9.17, 15) is 14.1 Å². The van der Waals surface area contributed by atoms with Crippen molar-refractivity contribution in [3.05, 3.63) is 53.6 Å². The second kappa shape index (κ2) is 12.0. The fourth-order valence-corrected chi connectivity index (χ4v) is 5.50. The molecule has 1 aromatic carbocycles. The Kier molecular flexibility index (Phi) is 8.71. The second-order valence-electron chi connectivity index (χ2n) is 10.1. The standard InChI is InChI=1S/C27H36N6O3S/c1-17-5-7-21(8-6-17)25(30-26(34)23-13-14-28-33(23)15-16-37(4)36)27(35)29-22-11-9-20(10-12-22)24-18(2)31-32-19(24)3/h9-14,17,21,25H,5-8,15-16H2,1-4H3,(H,29,35)(H,30,34)(H,31,32)/t17?,21?,25-,37?/m0/s1. The van der Waals surface area contributed by atoms with Gasteiger partial charge in [0.15, 0.2) is 0 Å². The minimum absolute atomic E-state index is 0.0511. The molecule has 2 heterocycles. The average Bonchev–Trinajstić information content (AvgIpc) is 3.48. The lowest BCUT2D eigenvalue weighted by Gasteiger charge is -2.32. The topological polar surface area (TPSA) is 128 Å². The van der Waals surface area contributed by atoms with Gasteiger partial charge < -0.3 is 15.2 Å². The summed E-state index contributed by atoms with van der Waals surface area (Å²) in [5.74, 6) is 0.501. The number of benzene rings is 1. The molecule has 0 spiro atoms. The van der Waals surface area contributed by atoms with E-state index in [4.69, 9.17) is 0 Å². The van der Waals surface area contributed by atoms with Crippen molar-refractivity contribution in [1.82, 2.24) is 25.3 Å². The van der Waals surface area contributed by atoms with Gasteiger partial charge in [0.05, 0.1) is 18.5 Å². The number of carbonyl (C=O) groups excluding carboxylic acids is 2. The number of nitrogens with zero attached hydrogens (tertiary/aromatic N) is 3. The third kappa shape index (κ3) is 6.61. The zero-order valence-corrected chi connectivity index (χ0v) is 22.7. The third-order valence-corrected chi connectivity index (χ3v) is 7.97. The number of hydrogen-bond donors (Lipinski definition) is 3. The van der Waals surface area contributed by atoms with Crippen LogP contribution < -0.4 is 10.6 Å². The van der Waals surface area contributed by atoms with Crippen molar-refractivity contribution in [3.63, 3.8) is 0 Å². The first-order chi connectivity index (χ1) is 17.7. The lowest BCUT2D eigenvalue weighted by molar-refractivity contribution is -0.119. The van der Waals surface area contributed by atoms with E-state index in [-0.39, 0.29) is 17.7 Å². The molecule has 1 aliphatic carbocycles. The van der Waals surface area contributed by atoms with Gasteiger partial charge in [0.25, 0.3) is 5.91 Å². The summed E-state index contributed by atoms with van der Waals surface area (Å²) in [7, 11) is 0. The normalized spacial score (nSPS) is 19.3. The highest BCUT2D eigenvalue weighted by Crippen LogP contribution is 2.31. The predicted molar refractivity (Wildman–Crippen MR) is 146 cm³/mol. The minimum atomic E-state index is -0.996. The summed E-state index contributed by atoms with van der Waals surface area (Å²) in [5, 5.41) is 17.5. The molecule has 4 rings (SSSR count). The van der Waals surface area contributed by atoms with E-state index in [1.807, 2.05) is 38.1 Å². The van der Waals surface area contributed by atoms with E-state index in [0.29, 0.717) is 29.6 Å². The molecule has 3 aromatic rings. The van der Waals surface area contributed by atoms with Gasteiger partial charge in [0.2, 0.25) is 5.91 Å². The molecular weight excluding hydrogens is 488 g/mol. The number of hydrogen-bond acceptors (Lipinski definition) is 5. The second-order valence-corrected chi connectivity index (χ2v) is 11.6. The molecule has 3 N–H and O–H groups in total. The molecule has 1 aliphatic rings. The van der Waals surface area contributed by atoms with Crippen LogP contribution in [0.5, 0.6) is 0 Å². The summed E-state index contributed by atoms with van der Waals surface area (Å²) in [6.45, 7) is 6.54. The molecule has 1 fully saturated rings. The Bertz CT molecular complexity index is 1190. The highest BCUT2D eigenvalue weighted by atomic mass is 32.2. The van der Waals surface area contributed by atoms with Gasteiger partial charge in [-0.2, -0.15) is 10.2 Å². The number of anilines is 1. The molecular formula is C27H36N6O3S. The number of aromatic amines is 1. The van der Waals surface area contributed by atoms with E-state index in [1.54, 1.807) is 23.2 Å². The molecule has 0 saturated heterocycles. The third-order valence-electron chi connectivity index (χ3n) is 7.21. The largest absolute Gasteiger partial charge is 0.617 e. The van der Waals surface area contributed by atoms with Gasteiger partial charge in [-0.1, -0.05) is 43.1 Å². The van der Waals surface area contributed by atoms with Crippen molar-refractivity contribution < 1.29 is 14.1 Å². The molecule has 1 saturated carbocycles. The summed E-state index contributed by atoms with van der Waals surface area (Å²) in [5.41, 5.74) is 5.03. The summed E-state index contributed by atoms with van der Waals surface area (Å²) in [6.07, 6.45) is 7.00. The van der Waals surface area contributed by atoms with Crippen LogP contribution in [0.15, 0.2) is 36.5 Å². The van der Waals surface area contributed by atoms with Crippen LogP contribution in [-0.4, -0.2) is 54.4 Å². The fraction of sp³-hybridized carbons (Fsp3) is 0.481. The number of H-pyrrole nitrogens is 1. The Hall–Kier alpha value is -3.11. The van der Waals surface area contributed by atoms with Crippen LogP contribution in [0.4, 0.5) is 5.69 Å². The smallest absolute Gasteiger partial charge is 0.270 e. The SMILES string of the molecule is Cc1n[nH]c(C)c1-c1ccc(NC(=O)[C@@H](NC(=O)c2ccnn2CC[S+](C)[O-])C2CCC(C)CC2)cc1. The highest BCUT2D eigenvalue weighted by Gasteiger charge is 2.33. The number of aryl methyl sites for hydroxylation is 3. The molecule has 198 valence electrons. The van der Waals surface area contributed by atoms with E-state index in [1.165, 1.54) is 0 Å². The highest BCUT2D eigenvalue weighted by molar-refractivity contribution is 7.90. The monoisotopic (exact) mass is 524 g/mol. The van der Waals surface area contributed by atoms with E-state index in [0.717, 1.165) is 48.2 Å². The zero-order valence-electron chi connectivity index (χ0n) is 21.9.